The number of anilines is 1. The molecule has 2 heterocycles. The average molecular weight is 228 g/mol. The quantitative estimate of drug-likeness (QED) is 0.726. The zero-order valence-corrected chi connectivity index (χ0v) is 9.90. The first-order chi connectivity index (χ1) is 8.27. The number of fused-ring (bicyclic) bond motifs is 1. The molecular formula is C13H16N4. The van der Waals surface area contributed by atoms with E-state index in [0.29, 0.717) is 0 Å². The summed E-state index contributed by atoms with van der Waals surface area (Å²) in [6, 6.07) is 7.86. The first-order valence-electron chi connectivity index (χ1n) is 5.90. The van der Waals surface area contributed by atoms with Crippen molar-refractivity contribution >= 4 is 5.69 Å². The maximum atomic E-state index is 6.01. The number of aryl methyl sites for hydroxylation is 1. The summed E-state index contributed by atoms with van der Waals surface area (Å²) < 4.78 is 1.98. The van der Waals surface area contributed by atoms with Crippen LogP contribution in [0.5, 0.6) is 0 Å². The SMILES string of the molecule is Cc1nn(-c2ccccc2N)c2c1CCNC2. The molecule has 0 atom stereocenters. The van der Waals surface area contributed by atoms with Gasteiger partial charge >= 0.3 is 0 Å². The summed E-state index contributed by atoms with van der Waals surface area (Å²) in [5.41, 5.74) is 11.5. The number of nitrogen functional groups attached to an aromatic ring is 1. The van der Waals surface area contributed by atoms with Crippen LogP contribution in [0, 0.1) is 6.92 Å². The molecule has 0 bridgehead atoms. The predicted octanol–water partition coefficient (Wildman–Crippen LogP) is 1.41. The second kappa shape index (κ2) is 3.89. The van der Waals surface area contributed by atoms with Crippen molar-refractivity contribution in [2.75, 3.05) is 12.3 Å². The lowest BCUT2D eigenvalue weighted by Gasteiger charge is -2.16. The third kappa shape index (κ3) is 1.61. The van der Waals surface area contributed by atoms with Gasteiger partial charge in [0.2, 0.25) is 0 Å². The molecule has 0 saturated carbocycles. The Hall–Kier alpha value is -1.81. The van der Waals surface area contributed by atoms with Crippen LogP contribution in [0.1, 0.15) is 17.0 Å². The van der Waals surface area contributed by atoms with E-state index in [9.17, 15) is 0 Å². The minimum atomic E-state index is 0.767. The van der Waals surface area contributed by atoms with Crippen molar-refractivity contribution in [2.24, 2.45) is 0 Å². The summed E-state index contributed by atoms with van der Waals surface area (Å²) in [5, 5.41) is 8.00. The van der Waals surface area contributed by atoms with Gasteiger partial charge < -0.3 is 11.1 Å². The van der Waals surface area contributed by atoms with Gasteiger partial charge in [-0.1, -0.05) is 12.1 Å². The Bertz CT molecular complexity index is 557. The van der Waals surface area contributed by atoms with Crippen LogP contribution >= 0.6 is 0 Å². The fourth-order valence-electron chi connectivity index (χ4n) is 2.41. The Labute approximate surface area is 100 Å². The average Bonchev–Trinajstić information content (AvgIpc) is 2.68. The van der Waals surface area contributed by atoms with Gasteiger partial charge in [0, 0.05) is 6.54 Å². The van der Waals surface area contributed by atoms with Gasteiger partial charge in [-0.3, -0.25) is 0 Å². The van der Waals surface area contributed by atoms with Crippen LogP contribution in [0.15, 0.2) is 24.3 Å². The van der Waals surface area contributed by atoms with E-state index in [2.05, 4.69) is 17.3 Å². The Balaban J connectivity index is 2.19. The number of para-hydroxylation sites is 2. The molecule has 1 aromatic heterocycles. The molecule has 2 aromatic rings. The summed E-state index contributed by atoms with van der Waals surface area (Å²) in [4.78, 5) is 0. The summed E-state index contributed by atoms with van der Waals surface area (Å²) in [7, 11) is 0. The monoisotopic (exact) mass is 228 g/mol. The van der Waals surface area contributed by atoms with E-state index < -0.39 is 0 Å². The van der Waals surface area contributed by atoms with Crippen molar-refractivity contribution in [3.8, 4) is 5.69 Å². The molecule has 0 radical (unpaired) electrons. The summed E-state index contributed by atoms with van der Waals surface area (Å²) >= 11 is 0. The smallest absolute Gasteiger partial charge is 0.0878 e. The van der Waals surface area contributed by atoms with Crippen LogP contribution in [0.25, 0.3) is 5.69 Å². The molecule has 3 N–H and O–H groups in total. The highest BCUT2D eigenvalue weighted by Gasteiger charge is 2.19. The van der Waals surface area contributed by atoms with E-state index in [1.807, 2.05) is 28.9 Å². The van der Waals surface area contributed by atoms with Gasteiger partial charge in [0.05, 0.1) is 22.8 Å². The highest BCUT2D eigenvalue weighted by atomic mass is 15.3. The van der Waals surface area contributed by atoms with Crippen molar-refractivity contribution in [1.82, 2.24) is 15.1 Å². The van der Waals surface area contributed by atoms with E-state index in [1.54, 1.807) is 0 Å². The van der Waals surface area contributed by atoms with E-state index in [1.165, 1.54) is 11.3 Å². The van der Waals surface area contributed by atoms with Crippen LogP contribution in [0.3, 0.4) is 0 Å². The second-order valence-corrected chi connectivity index (χ2v) is 4.41. The zero-order chi connectivity index (χ0) is 11.8. The van der Waals surface area contributed by atoms with Gasteiger partial charge in [-0.15, -0.1) is 0 Å². The Morgan fingerprint density at radius 3 is 3.00 bits per heavy atom. The molecule has 0 unspecified atom stereocenters. The molecular weight excluding hydrogens is 212 g/mol. The summed E-state index contributed by atoms with van der Waals surface area (Å²) in [6.45, 7) is 3.97. The number of aromatic nitrogens is 2. The fraction of sp³-hybridized carbons (Fsp3) is 0.308. The lowest BCUT2D eigenvalue weighted by Crippen LogP contribution is -2.25. The largest absolute Gasteiger partial charge is 0.397 e. The maximum Gasteiger partial charge on any atom is 0.0878 e. The highest BCUT2D eigenvalue weighted by Crippen LogP contribution is 2.24. The Kier molecular flexibility index (Phi) is 2.37. The molecule has 0 aliphatic carbocycles. The minimum absolute atomic E-state index is 0.767. The van der Waals surface area contributed by atoms with Gasteiger partial charge in [0.15, 0.2) is 0 Å². The van der Waals surface area contributed by atoms with Crippen molar-refractivity contribution in [3.63, 3.8) is 0 Å². The third-order valence-electron chi connectivity index (χ3n) is 3.30. The molecule has 0 saturated heterocycles. The second-order valence-electron chi connectivity index (χ2n) is 4.41. The molecule has 1 aliphatic rings. The number of rotatable bonds is 1. The number of hydrogen-bond donors (Lipinski definition) is 2. The molecule has 0 fully saturated rings. The zero-order valence-electron chi connectivity index (χ0n) is 9.90. The first-order valence-corrected chi connectivity index (χ1v) is 5.90. The van der Waals surface area contributed by atoms with Crippen LogP contribution in [-0.4, -0.2) is 16.3 Å². The molecule has 1 aromatic carbocycles. The van der Waals surface area contributed by atoms with Crippen LogP contribution in [0.4, 0.5) is 5.69 Å². The lowest BCUT2D eigenvalue weighted by molar-refractivity contribution is 0.614. The summed E-state index contributed by atoms with van der Waals surface area (Å²) in [5.74, 6) is 0. The first kappa shape index (κ1) is 10.4. The van der Waals surface area contributed by atoms with Crippen molar-refractivity contribution in [2.45, 2.75) is 19.9 Å². The van der Waals surface area contributed by atoms with Crippen LogP contribution < -0.4 is 11.1 Å². The number of nitrogens with one attached hydrogen (secondary N) is 1. The molecule has 1 aliphatic heterocycles. The lowest BCUT2D eigenvalue weighted by atomic mass is 10.1. The standard InChI is InChI=1S/C13H16N4/c1-9-10-6-7-15-8-13(10)17(16-9)12-5-3-2-4-11(12)14/h2-5,15H,6-8,14H2,1H3. The van der Waals surface area contributed by atoms with E-state index in [4.69, 9.17) is 5.73 Å². The van der Waals surface area contributed by atoms with Crippen molar-refractivity contribution in [3.05, 3.63) is 41.2 Å². The van der Waals surface area contributed by atoms with E-state index in [-0.39, 0.29) is 0 Å². The molecule has 0 spiro atoms. The molecule has 17 heavy (non-hydrogen) atoms. The maximum absolute atomic E-state index is 6.01. The van der Waals surface area contributed by atoms with Crippen LogP contribution in [-0.2, 0) is 13.0 Å². The van der Waals surface area contributed by atoms with Gasteiger partial charge in [-0.05, 0) is 37.6 Å². The molecule has 3 rings (SSSR count). The molecule has 0 amide bonds. The van der Waals surface area contributed by atoms with Gasteiger partial charge in [-0.25, -0.2) is 4.68 Å². The molecule has 4 nitrogen and oxygen atoms in total. The highest BCUT2D eigenvalue weighted by molar-refractivity contribution is 5.58. The molecule has 88 valence electrons. The number of nitrogens with two attached hydrogens (primary N) is 1. The minimum Gasteiger partial charge on any atom is -0.397 e. The van der Waals surface area contributed by atoms with Gasteiger partial charge in [0.1, 0.15) is 0 Å². The van der Waals surface area contributed by atoms with Crippen molar-refractivity contribution in [1.29, 1.82) is 0 Å². The Morgan fingerprint density at radius 1 is 1.35 bits per heavy atom. The molecule has 4 heteroatoms. The van der Waals surface area contributed by atoms with Crippen molar-refractivity contribution < 1.29 is 0 Å². The topological polar surface area (TPSA) is 55.9 Å². The normalized spacial score (nSPS) is 14.6. The summed E-state index contributed by atoms with van der Waals surface area (Å²) in [6.07, 6.45) is 1.05. The van der Waals surface area contributed by atoms with Gasteiger partial charge in [-0.2, -0.15) is 5.10 Å². The van der Waals surface area contributed by atoms with E-state index in [0.717, 1.165) is 36.6 Å². The number of hydrogen-bond acceptors (Lipinski definition) is 3. The van der Waals surface area contributed by atoms with Gasteiger partial charge in [0.25, 0.3) is 0 Å². The number of nitrogens with zero attached hydrogens (tertiary/aromatic N) is 2. The fourth-order valence-corrected chi connectivity index (χ4v) is 2.41. The number of benzene rings is 1. The Morgan fingerprint density at radius 2 is 2.18 bits per heavy atom. The van der Waals surface area contributed by atoms with E-state index >= 15 is 0 Å². The predicted molar refractivity (Wildman–Crippen MR) is 68.1 cm³/mol. The van der Waals surface area contributed by atoms with Crippen LogP contribution in [0.2, 0.25) is 0 Å². The third-order valence-corrected chi connectivity index (χ3v) is 3.30.